The molecule has 1 N–H and O–H groups in total. The van der Waals surface area contributed by atoms with Crippen molar-refractivity contribution < 1.29 is 33.0 Å². The van der Waals surface area contributed by atoms with Crippen LogP contribution in [0.25, 0.3) is 10.9 Å². The van der Waals surface area contributed by atoms with E-state index in [9.17, 15) is 19.5 Å². The third-order valence-corrected chi connectivity index (χ3v) is 12.0. The van der Waals surface area contributed by atoms with E-state index in [1.807, 2.05) is 57.2 Å². The van der Waals surface area contributed by atoms with Crippen LogP contribution in [-0.2, 0) is 19.1 Å². The summed E-state index contributed by atoms with van der Waals surface area (Å²) in [5, 5.41) is 12.8. The number of aromatic nitrogens is 1. The molecule has 2 aromatic rings. The molecule has 1 aromatic carbocycles. The number of pyridine rings is 1. The highest BCUT2D eigenvalue weighted by Crippen LogP contribution is 2.74. The monoisotopic (exact) mass is 696 g/mol. The van der Waals surface area contributed by atoms with E-state index >= 15 is 8.78 Å². The molecule has 1 aromatic heterocycles. The summed E-state index contributed by atoms with van der Waals surface area (Å²) in [4.78, 5) is 45.2. The summed E-state index contributed by atoms with van der Waals surface area (Å²) in [6.07, 6.45) is 10.6. The van der Waals surface area contributed by atoms with Gasteiger partial charge in [-0.15, -0.1) is 24.4 Å². The van der Waals surface area contributed by atoms with Gasteiger partial charge in [-0.3, -0.25) is 14.4 Å². The molecule has 0 bridgehead atoms. The van der Waals surface area contributed by atoms with Gasteiger partial charge < -0.3 is 14.7 Å². The maximum atomic E-state index is 17.7. The summed E-state index contributed by atoms with van der Waals surface area (Å²) >= 11 is 4.64. The van der Waals surface area contributed by atoms with E-state index < -0.39 is 58.6 Å². The van der Waals surface area contributed by atoms with Crippen molar-refractivity contribution >= 4 is 45.9 Å². The Kier molecular flexibility index (Phi) is 11.2. The number of esters is 1. The molecule has 1 saturated heterocycles. The third kappa shape index (κ3) is 5.60. The smallest absolute Gasteiger partial charge is 0.303 e. The molecule has 10 heteroatoms. The number of benzene rings is 1. The van der Waals surface area contributed by atoms with Crippen molar-refractivity contribution in [3.05, 3.63) is 60.2 Å². The zero-order chi connectivity index (χ0) is 36.5. The molecule has 7 rings (SSSR count). The number of anilines is 1. The van der Waals surface area contributed by atoms with E-state index in [0.29, 0.717) is 18.8 Å². The molecule has 49 heavy (non-hydrogen) atoms. The second-order valence-electron chi connectivity index (χ2n) is 13.7. The number of nitrogens with zero attached hydrogens (tertiary/aromatic N) is 2. The summed E-state index contributed by atoms with van der Waals surface area (Å²) in [6.45, 7) is 9.09. The van der Waals surface area contributed by atoms with Gasteiger partial charge in [-0.1, -0.05) is 45.0 Å². The van der Waals surface area contributed by atoms with E-state index in [0.717, 1.165) is 10.9 Å². The minimum Gasteiger partial charge on any atom is -0.458 e. The second-order valence-corrected chi connectivity index (χ2v) is 13.7. The van der Waals surface area contributed by atoms with Gasteiger partial charge in [0, 0.05) is 43.1 Å². The minimum absolute atomic E-state index is 0.0203. The normalized spacial score (nSPS) is 36.5. The van der Waals surface area contributed by atoms with Crippen LogP contribution in [0.3, 0.4) is 0 Å². The number of alkyl halides is 3. The first kappa shape index (κ1) is 38.2. The van der Waals surface area contributed by atoms with Crippen molar-refractivity contribution in [2.24, 2.45) is 34.0 Å². The predicted octanol–water partition coefficient (Wildman–Crippen LogP) is 6.85. The van der Waals surface area contributed by atoms with E-state index in [-0.39, 0.29) is 42.4 Å². The number of hydrogen-bond acceptors (Lipinski definition) is 7. The molecule has 0 amide bonds. The molecule has 4 fully saturated rings. The van der Waals surface area contributed by atoms with Crippen LogP contribution in [-0.4, -0.2) is 71.7 Å². The fraction of sp³-hybridized carbons (Fsp3) is 0.538. The lowest BCUT2D eigenvalue weighted by molar-refractivity contribution is -0.211. The van der Waals surface area contributed by atoms with Gasteiger partial charge in [-0.2, -0.15) is 0 Å². The molecule has 264 valence electrons. The van der Waals surface area contributed by atoms with Gasteiger partial charge in [0.05, 0.1) is 17.0 Å². The van der Waals surface area contributed by atoms with Crippen molar-refractivity contribution in [3.8, 4) is 12.8 Å². The van der Waals surface area contributed by atoms with E-state index in [2.05, 4.69) is 29.3 Å². The number of carbonyl (C=O) groups excluding carboxylic acids is 3. The fourth-order valence-electron chi connectivity index (χ4n) is 9.98. The lowest BCUT2D eigenvalue weighted by atomic mass is 9.43. The number of carbonyl (C=O) groups is 3. The largest absolute Gasteiger partial charge is 0.458 e. The van der Waals surface area contributed by atoms with Gasteiger partial charge in [0.15, 0.2) is 23.8 Å². The fourth-order valence-corrected chi connectivity index (χ4v) is 9.98. The average molecular weight is 697 g/mol. The lowest BCUT2D eigenvalue weighted by Crippen LogP contribution is -2.69. The Labute approximate surface area is 293 Å². The number of fused-ring (bicyclic) bond motifs is 8. The quantitative estimate of drug-likeness (QED) is 0.212. The molecule has 0 radical (unpaired) electrons. The Bertz CT molecular complexity index is 1680. The van der Waals surface area contributed by atoms with Crippen molar-refractivity contribution in [2.75, 3.05) is 31.0 Å². The second kappa shape index (κ2) is 14.3. The molecule has 1 unspecified atom stereocenters. The maximum Gasteiger partial charge on any atom is 0.303 e. The molecular weight excluding hydrogens is 650 g/mol. The van der Waals surface area contributed by atoms with Gasteiger partial charge in [-0.25, -0.2) is 13.8 Å². The van der Waals surface area contributed by atoms with E-state index in [4.69, 9.17) is 9.72 Å². The topological polar surface area (TPSA) is 96.8 Å². The van der Waals surface area contributed by atoms with Crippen molar-refractivity contribution in [1.29, 1.82) is 0 Å². The first-order valence-corrected chi connectivity index (χ1v) is 17.6. The Balaban J connectivity index is 0.000000856. The molecule has 9 atom stereocenters. The SMILES string of the molecule is C#C.CC.CC(=O)OCC(=O)[C@@]12CN(c3ccc4ccccc4n3)C[C@@H]1CC1[C@@H]3C[C@H](F)C4=CC(=O)C=C[C@]4(C)[C@@]3(F)[C@@H](O)C[C@@]12C.CCl. The minimum atomic E-state index is -2.22. The number of halogens is 3. The first-order chi connectivity index (χ1) is 23.3. The number of hydrogen-bond donors (Lipinski definition) is 1. The van der Waals surface area contributed by atoms with E-state index in [1.54, 1.807) is 6.92 Å². The summed E-state index contributed by atoms with van der Waals surface area (Å²) in [5.74, 6) is -2.06. The van der Waals surface area contributed by atoms with Crippen LogP contribution >= 0.6 is 11.6 Å². The van der Waals surface area contributed by atoms with Gasteiger partial charge in [-0.05, 0) is 79.4 Å². The van der Waals surface area contributed by atoms with Crippen molar-refractivity contribution in [1.82, 2.24) is 4.98 Å². The number of aliphatic hydroxyl groups excluding tert-OH is 1. The maximum absolute atomic E-state index is 17.7. The van der Waals surface area contributed by atoms with Gasteiger partial charge in [0.2, 0.25) is 0 Å². The summed E-state index contributed by atoms with van der Waals surface area (Å²) in [7, 11) is 0. The number of Topliss-reactive ketones (excluding diaryl/α,β-unsaturated/α-hetero) is 1. The van der Waals surface area contributed by atoms with Crippen LogP contribution in [0.1, 0.15) is 53.9 Å². The molecule has 4 aliphatic carbocycles. The summed E-state index contributed by atoms with van der Waals surface area (Å²) in [6, 6.07) is 11.7. The molecular formula is C39H47ClF2N2O5. The zero-order valence-electron chi connectivity index (χ0n) is 29.1. The molecule has 3 saturated carbocycles. The van der Waals surface area contributed by atoms with Crippen LogP contribution in [0.4, 0.5) is 14.6 Å². The molecule has 0 spiro atoms. The number of terminal acetylenes is 1. The summed E-state index contributed by atoms with van der Waals surface area (Å²) in [5.41, 5.74) is -4.80. The molecule has 1 aliphatic heterocycles. The van der Waals surface area contributed by atoms with Crippen LogP contribution in [0.2, 0.25) is 0 Å². The third-order valence-electron chi connectivity index (χ3n) is 12.0. The van der Waals surface area contributed by atoms with Gasteiger partial charge in [0.1, 0.15) is 12.0 Å². The number of rotatable bonds is 4. The van der Waals surface area contributed by atoms with Crippen LogP contribution in [0.15, 0.2) is 60.2 Å². The number of allylic oxidation sites excluding steroid dienone is 4. The predicted molar refractivity (Wildman–Crippen MR) is 189 cm³/mol. The first-order valence-electron chi connectivity index (χ1n) is 16.8. The van der Waals surface area contributed by atoms with Gasteiger partial charge in [0.25, 0.3) is 0 Å². The van der Waals surface area contributed by atoms with E-state index in [1.165, 1.54) is 31.5 Å². The number of aliphatic hydroxyl groups is 1. The van der Waals surface area contributed by atoms with Crippen molar-refractivity contribution in [2.45, 2.75) is 71.8 Å². The Morgan fingerprint density at radius 3 is 2.45 bits per heavy atom. The highest BCUT2D eigenvalue weighted by atomic mass is 35.5. The number of ether oxygens (including phenoxy) is 1. The Hall–Kier alpha value is -3.61. The van der Waals surface area contributed by atoms with Crippen LogP contribution in [0.5, 0.6) is 0 Å². The Morgan fingerprint density at radius 2 is 1.78 bits per heavy atom. The average Bonchev–Trinajstić information content (AvgIpc) is 3.61. The van der Waals surface area contributed by atoms with Crippen LogP contribution < -0.4 is 4.90 Å². The lowest BCUT2D eigenvalue weighted by Gasteiger charge is -2.63. The molecule has 2 heterocycles. The van der Waals surface area contributed by atoms with Crippen LogP contribution in [0, 0.1) is 46.8 Å². The Morgan fingerprint density at radius 1 is 1.10 bits per heavy atom. The highest BCUT2D eigenvalue weighted by Gasteiger charge is 2.78. The standard InChI is InChI=1S/C34H36F2N2O5.C2H6.C2H2.CH3Cl/c1-19(39)43-17-29(42)33-18-38(30-9-8-20-6-4-5-7-27(20)37-30)16-21(33)12-23-24-14-26(35)25-13-22(40)10-11-31(25,2)34(24,36)28(41)15-32(23,33)3;3*1-2/h4-11,13,21,23-24,26,28,41H,12,14-18H2,1-3H3;1-2H3;1-2H;1H3/t21-,23?,24-,26-,28-,31-,32-,33+,34-;;;/m0.../s1. The summed E-state index contributed by atoms with van der Waals surface area (Å²) < 4.78 is 38.8. The van der Waals surface area contributed by atoms with Gasteiger partial charge >= 0.3 is 5.97 Å². The number of para-hydroxylation sites is 1. The van der Waals surface area contributed by atoms with Crippen molar-refractivity contribution in [3.63, 3.8) is 0 Å². The number of ketones is 2. The zero-order valence-corrected chi connectivity index (χ0v) is 29.8. The highest BCUT2D eigenvalue weighted by molar-refractivity contribution is 6.15. The molecule has 7 nitrogen and oxygen atoms in total. The molecule has 5 aliphatic rings.